The molecule has 5 heteroatoms. The van der Waals surface area contributed by atoms with Crippen molar-refractivity contribution in [2.24, 2.45) is 0 Å². The van der Waals surface area contributed by atoms with E-state index in [4.69, 9.17) is 9.47 Å². The smallest absolute Gasteiger partial charge is 0.255 e. The Morgan fingerprint density at radius 2 is 1.79 bits per heavy atom. The number of ether oxygens (including phenoxy) is 2. The highest BCUT2D eigenvalue weighted by atomic mass is 16.5. The highest BCUT2D eigenvalue weighted by Gasteiger charge is 2.16. The first kappa shape index (κ1) is 19.8. The monoisotopic (exact) mass is 381 g/mol. The van der Waals surface area contributed by atoms with Gasteiger partial charge in [0.05, 0.1) is 26.1 Å². The summed E-state index contributed by atoms with van der Waals surface area (Å²) in [5.74, 6) is 1.06. The van der Waals surface area contributed by atoms with Crippen LogP contribution in [0.3, 0.4) is 0 Å². The normalized spacial score (nSPS) is 13.6. The number of aliphatic hydroxyl groups is 1. The fourth-order valence-electron chi connectivity index (χ4n) is 3.62. The molecule has 2 N–H and O–H groups in total. The van der Waals surface area contributed by atoms with E-state index in [0.29, 0.717) is 30.0 Å². The van der Waals surface area contributed by atoms with Gasteiger partial charge in [0.15, 0.2) is 11.5 Å². The minimum absolute atomic E-state index is 0.279. The maximum Gasteiger partial charge on any atom is 0.255 e. The molecule has 0 aliphatic heterocycles. The molecule has 0 radical (unpaired) electrons. The number of methoxy groups -OCH3 is 2. The molecule has 0 heterocycles. The van der Waals surface area contributed by atoms with Gasteiger partial charge in [0.1, 0.15) is 0 Å². The lowest BCUT2D eigenvalue weighted by molar-refractivity contribution is -0.115. The van der Waals surface area contributed by atoms with Crippen LogP contribution in [-0.4, -0.2) is 31.8 Å². The third kappa shape index (κ3) is 4.47. The van der Waals surface area contributed by atoms with Crippen LogP contribution < -0.4 is 14.8 Å². The van der Waals surface area contributed by atoms with E-state index >= 15 is 0 Å². The Morgan fingerprint density at radius 1 is 1.04 bits per heavy atom. The molecule has 0 spiro atoms. The molecule has 0 atom stereocenters. The Labute approximate surface area is 166 Å². The Bertz CT molecular complexity index is 873. The van der Waals surface area contributed by atoms with Gasteiger partial charge < -0.3 is 19.9 Å². The Balaban J connectivity index is 1.62. The van der Waals surface area contributed by atoms with E-state index < -0.39 is 0 Å². The summed E-state index contributed by atoms with van der Waals surface area (Å²) in [6.07, 6.45) is 6.05. The summed E-state index contributed by atoms with van der Waals surface area (Å²) in [5, 5.41) is 12.5. The number of hydrogen-bond donors (Lipinski definition) is 2. The van der Waals surface area contributed by atoms with E-state index in [0.717, 1.165) is 30.2 Å². The molecule has 2 aromatic rings. The molecule has 0 bridgehead atoms. The zero-order valence-electron chi connectivity index (χ0n) is 16.5. The van der Waals surface area contributed by atoms with Gasteiger partial charge in [-0.25, -0.2) is 0 Å². The van der Waals surface area contributed by atoms with Crippen molar-refractivity contribution in [3.63, 3.8) is 0 Å². The standard InChI is InChI=1S/C23H27NO4/c1-27-21-10-7-16(13-22(21)28-2)11-12-24-23(26)20(15-25)19-9-8-17-5-3-4-6-18(17)14-19/h7-10,13-15,25H,3-6,11-12H2,1-2H3,(H,24,26). The van der Waals surface area contributed by atoms with Gasteiger partial charge in [-0.05, 0) is 66.5 Å². The zero-order valence-corrected chi connectivity index (χ0v) is 16.5. The Kier molecular flexibility index (Phi) is 6.58. The predicted molar refractivity (Wildman–Crippen MR) is 110 cm³/mol. The topological polar surface area (TPSA) is 67.8 Å². The number of aliphatic hydroxyl groups excluding tert-OH is 1. The molecule has 0 saturated heterocycles. The van der Waals surface area contributed by atoms with Crippen molar-refractivity contribution in [3.8, 4) is 11.5 Å². The largest absolute Gasteiger partial charge is 0.515 e. The number of carbonyl (C=O) groups excluding carboxylic acids is 1. The number of carbonyl (C=O) groups is 1. The minimum Gasteiger partial charge on any atom is -0.515 e. The number of amides is 1. The highest BCUT2D eigenvalue weighted by molar-refractivity contribution is 6.19. The van der Waals surface area contributed by atoms with Crippen LogP contribution in [0.15, 0.2) is 42.7 Å². The summed E-state index contributed by atoms with van der Waals surface area (Å²) < 4.78 is 10.5. The summed E-state index contributed by atoms with van der Waals surface area (Å²) in [6.45, 7) is 0.455. The molecular formula is C23H27NO4. The zero-order chi connectivity index (χ0) is 19.9. The third-order valence-corrected chi connectivity index (χ3v) is 5.18. The quantitative estimate of drug-likeness (QED) is 0.565. The van der Waals surface area contributed by atoms with E-state index in [1.165, 1.54) is 24.0 Å². The average Bonchev–Trinajstić information content (AvgIpc) is 2.74. The molecule has 0 unspecified atom stereocenters. The molecule has 0 aromatic heterocycles. The summed E-state index contributed by atoms with van der Waals surface area (Å²) >= 11 is 0. The van der Waals surface area contributed by atoms with E-state index in [1.54, 1.807) is 14.2 Å². The molecule has 0 saturated carbocycles. The summed E-state index contributed by atoms with van der Waals surface area (Å²) in [4.78, 5) is 12.6. The molecule has 1 aliphatic rings. The summed E-state index contributed by atoms with van der Waals surface area (Å²) in [5.41, 5.74) is 4.70. The van der Waals surface area contributed by atoms with Crippen molar-refractivity contribution in [2.45, 2.75) is 32.1 Å². The van der Waals surface area contributed by atoms with E-state index in [-0.39, 0.29) is 5.91 Å². The maximum absolute atomic E-state index is 12.6. The lowest BCUT2D eigenvalue weighted by Gasteiger charge is -2.17. The van der Waals surface area contributed by atoms with E-state index in [9.17, 15) is 9.90 Å². The number of aryl methyl sites for hydroxylation is 2. The average molecular weight is 381 g/mol. The number of hydrogen-bond acceptors (Lipinski definition) is 4. The summed E-state index contributed by atoms with van der Waals surface area (Å²) in [6, 6.07) is 11.7. The van der Waals surface area contributed by atoms with Gasteiger partial charge >= 0.3 is 0 Å². The third-order valence-electron chi connectivity index (χ3n) is 5.18. The van der Waals surface area contributed by atoms with Crippen molar-refractivity contribution in [1.29, 1.82) is 0 Å². The molecule has 3 rings (SSSR count). The van der Waals surface area contributed by atoms with Crippen molar-refractivity contribution in [1.82, 2.24) is 5.32 Å². The molecule has 5 nitrogen and oxygen atoms in total. The van der Waals surface area contributed by atoms with Gasteiger partial charge in [-0.3, -0.25) is 4.79 Å². The first-order valence-electron chi connectivity index (χ1n) is 9.62. The second-order valence-corrected chi connectivity index (χ2v) is 6.93. The first-order valence-corrected chi connectivity index (χ1v) is 9.62. The SMILES string of the molecule is COc1ccc(CCNC(=O)C(=CO)c2ccc3c(c2)CCCC3)cc1OC. The van der Waals surface area contributed by atoms with Crippen LogP contribution in [0, 0.1) is 0 Å². The minimum atomic E-state index is -0.279. The van der Waals surface area contributed by atoms with Gasteiger partial charge in [0.2, 0.25) is 0 Å². The van der Waals surface area contributed by atoms with Crippen LogP contribution in [-0.2, 0) is 24.1 Å². The molecule has 0 fully saturated rings. The lowest BCUT2D eigenvalue weighted by atomic mass is 9.89. The molecule has 148 valence electrons. The fourth-order valence-corrected chi connectivity index (χ4v) is 3.62. The van der Waals surface area contributed by atoms with Gasteiger partial charge in [0.25, 0.3) is 5.91 Å². The number of fused-ring (bicyclic) bond motifs is 1. The van der Waals surface area contributed by atoms with Gasteiger partial charge in [0, 0.05) is 6.54 Å². The van der Waals surface area contributed by atoms with Crippen LogP contribution in [0.4, 0.5) is 0 Å². The van der Waals surface area contributed by atoms with Gasteiger partial charge in [-0.2, -0.15) is 0 Å². The molecule has 28 heavy (non-hydrogen) atoms. The molecular weight excluding hydrogens is 354 g/mol. The molecule has 1 aliphatic carbocycles. The lowest BCUT2D eigenvalue weighted by Crippen LogP contribution is -2.26. The van der Waals surface area contributed by atoms with Crippen LogP contribution in [0.5, 0.6) is 11.5 Å². The van der Waals surface area contributed by atoms with Crippen molar-refractivity contribution >= 4 is 11.5 Å². The number of nitrogens with one attached hydrogen (secondary N) is 1. The van der Waals surface area contributed by atoms with E-state index in [2.05, 4.69) is 11.4 Å². The van der Waals surface area contributed by atoms with Crippen molar-refractivity contribution < 1.29 is 19.4 Å². The highest BCUT2D eigenvalue weighted by Crippen LogP contribution is 2.28. The predicted octanol–water partition coefficient (Wildman–Crippen LogP) is 3.84. The van der Waals surface area contributed by atoms with Crippen LogP contribution in [0.1, 0.15) is 35.1 Å². The Hall–Kier alpha value is -2.95. The van der Waals surface area contributed by atoms with Gasteiger partial charge in [-0.1, -0.05) is 24.3 Å². The maximum atomic E-state index is 12.6. The summed E-state index contributed by atoms with van der Waals surface area (Å²) in [7, 11) is 3.20. The Morgan fingerprint density at radius 3 is 2.50 bits per heavy atom. The molecule has 1 amide bonds. The number of benzene rings is 2. The number of rotatable bonds is 7. The van der Waals surface area contributed by atoms with E-state index in [1.807, 2.05) is 30.3 Å². The van der Waals surface area contributed by atoms with Gasteiger partial charge in [-0.15, -0.1) is 0 Å². The van der Waals surface area contributed by atoms with Crippen molar-refractivity contribution in [3.05, 3.63) is 64.9 Å². The second-order valence-electron chi connectivity index (χ2n) is 6.93. The second kappa shape index (κ2) is 9.31. The fraction of sp³-hybridized carbons (Fsp3) is 0.348. The van der Waals surface area contributed by atoms with Crippen LogP contribution in [0.2, 0.25) is 0 Å². The molecule has 2 aromatic carbocycles. The van der Waals surface area contributed by atoms with Crippen LogP contribution >= 0.6 is 0 Å². The van der Waals surface area contributed by atoms with Crippen molar-refractivity contribution in [2.75, 3.05) is 20.8 Å². The first-order chi connectivity index (χ1) is 13.7. The van der Waals surface area contributed by atoms with Crippen LogP contribution in [0.25, 0.3) is 5.57 Å².